The zero-order valence-electron chi connectivity index (χ0n) is 15.4. The second-order valence-corrected chi connectivity index (χ2v) is 6.74. The molecule has 1 saturated heterocycles. The molecular formula is C20H29N5. The van der Waals surface area contributed by atoms with Crippen LogP contribution in [0.5, 0.6) is 0 Å². The SMILES string of the molecule is CCNC(=NCc1ccnn1C)N1CCC(Cc2ccccc2)CC1. The molecule has 0 unspecified atom stereocenters. The summed E-state index contributed by atoms with van der Waals surface area (Å²) in [4.78, 5) is 7.22. The van der Waals surface area contributed by atoms with Crippen LogP contribution in [-0.2, 0) is 20.0 Å². The second kappa shape index (κ2) is 8.70. The summed E-state index contributed by atoms with van der Waals surface area (Å²) in [6, 6.07) is 12.9. The summed E-state index contributed by atoms with van der Waals surface area (Å²) in [5.74, 6) is 1.81. The van der Waals surface area contributed by atoms with Crippen molar-refractivity contribution >= 4 is 5.96 Å². The molecule has 1 aliphatic heterocycles. The number of aromatic nitrogens is 2. The van der Waals surface area contributed by atoms with Gasteiger partial charge in [-0.1, -0.05) is 30.3 Å². The van der Waals surface area contributed by atoms with Crippen molar-refractivity contribution in [3.63, 3.8) is 0 Å². The third-order valence-electron chi connectivity index (χ3n) is 4.93. The van der Waals surface area contributed by atoms with Crippen LogP contribution in [0.3, 0.4) is 0 Å². The lowest BCUT2D eigenvalue weighted by atomic mass is 9.90. The normalized spacial score (nSPS) is 16.2. The Morgan fingerprint density at radius 3 is 2.60 bits per heavy atom. The van der Waals surface area contributed by atoms with E-state index in [0.29, 0.717) is 6.54 Å². The standard InChI is InChI=1S/C20H29N5/c1-3-21-20(22-16-19-9-12-23-24(19)2)25-13-10-18(11-14-25)15-17-7-5-4-6-8-17/h4-9,12,18H,3,10-11,13-16H2,1-2H3,(H,21,22). The van der Waals surface area contributed by atoms with Gasteiger partial charge in [0.1, 0.15) is 0 Å². The minimum atomic E-state index is 0.669. The maximum absolute atomic E-state index is 4.82. The van der Waals surface area contributed by atoms with Gasteiger partial charge in [0.15, 0.2) is 5.96 Å². The fraction of sp³-hybridized carbons (Fsp3) is 0.500. The lowest BCUT2D eigenvalue weighted by Gasteiger charge is -2.34. The molecule has 0 saturated carbocycles. The van der Waals surface area contributed by atoms with Gasteiger partial charge in [-0.25, -0.2) is 4.99 Å². The van der Waals surface area contributed by atoms with Crippen LogP contribution in [0.4, 0.5) is 0 Å². The average Bonchev–Trinajstić information content (AvgIpc) is 3.05. The topological polar surface area (TPSA) is 45.5 Å². The van der Waals surface area contributed by atoms with E-state index in [-0.39, 0.29) is 0 Å². The van der Waals surface area contributed by atoms with E-state index in [1.165, 1.54) is 24.8 Å². The van der Waals surface area contributed by atoms with Crippen LogP contribution in [0.25, 0.3) is 0 Å². The first-order chi connectivity index (χ1) is 12.3. The highest BCUT2D eigenvalue weighted by Crippen LogP contribution is 2.21. The molecule has 0 amide bonds. The van der Waals surface area contributed by atoms with E-state index in [2.05, 4.69) is 52.6 Å². The molecule has 0 spiro atoms. The number of nitrogens with zero attached hydrogens (tertiary/aromatic N) is 4. The zero-order valence-corrected chi connectivity index (χ0v) is 15.4. The van der Waals surface area contributed by atoms with Crippen LogP contribution < -0.4 is 5.32 Å². The van der Waals surface area contributed by atoms with Crippen molar-refractivity contribution < 1.29 is 0 Å². The quantitative estimate of drug-likeness (QED) is 0.673. The van der Waals surface area contributed by atoms with Gasteiger partial charge in [0.05, 0.1) is 12.2 Å². The van der Waals surface area contributed by atoms with Gasteiger partial charge in [0, 0.05) is 32.9 Å². The predicted molar refractivity (Wildman–Crippen MR) is 102 cm³/mol. The van der Waals surface area contributed by atoms with Crippen LogP contribution >= 0.6 is 0 Å². The van der Waals surface area contributed by atoms with Crippen molar-refractivity contribution in [3.05, 3.63) is 53.9 Å². The molecule has 2 heterocycles. The maximum Gasteiger partial charge on any atom is 0.194 e. The molecule has 0 bridgehead atoms. The van der Waals surface area contributed by atoms with Crippen LogP contribution in [-0.4, -0.2) is 40.3 Å². The number of hydrogen-bond acceptors (Lipinski definition) is 2. The molecular weight excluding hydrogens is 310 g/mol. The van der Waals surface area contributed by atoms with Crippen LogP contribution in [0.1, 0.15) is 31.0 Å². The number of aliphatic imine (C=N–C) groups is 1. The van der Waals surface area contributed by atoms with E-state index in [1.807, 2.05) is 24.0 Å². The first-order valence-corrected chi connectivity index (χ1v) is 9.30. The van der Waals surface area contributed by atoms with Crippen LogP contribution in [0.2, 0.25) is 0 Å². The fourth-order valence-corrected chi connectivity index (χ4v) is 3.43. The molecule has 5 heteroatoms. The predicted octanol–water partition coefficient (Wildman–Crippen LogP) is 2.84. The Kier molecular flexibility index (Phi) is 6.09. The van der Waals surface area contributed by atoms with Crippen molar-refractivity contribution in [2.24, 2.45) is 18.0 Å². The Bertz CT molecular complexity index is 668. The molecule has 5 nitrogen and oxygen atoms in total. The van der Waals surface area contributed by atoms with E-state index in [9.17, 15) is 0 Å². The average molecular weight is 339 g/mol. The number of guanidine groups is 1. The molecule has 25 heavy (non-hydrogen) atoms. The van der Waals surface area contributed by atoms with E-state index >= 15 is 0 Å². The summed E-state index contributed by atoms with van der Waals surface area (Å²) in [5.41, 5.74) is 2.59. The third-order valence-corrected chi connectivity index (χ3v) is 4.93. The van der Waals surface area contributed by atoms with Crippen molar-refractivity contribution in [1.82, 2.24) is 20.0 Å². The molecule has 0 radical (unpaired) electrons. The van der Waals surface area contributed by atoms with E-state index in [1.54, 1.807) is 0 Å². The third kappa shape index (κ3) is 4.84. The molecule has 2 aromatic rings. The Morgan fingerprint density at radius 2 is 1.96 bits per heavy atom. The number of nitrogens with one attached hydrogen (secondary N) is 1. The van der Waals surface area contributed by atoms with Gasteiger partial charge in [-0.05, 0) is 43.7 Å². The lowest BCUT2D eigenvalue weighted by molar-refractivity contribution is 0.259. The zero-order chi connectivity index (χ0) is 17.5. The van der Waals surface area contributed by atoms with Gasteiger partial charge >= 0.3 is 0 Å². The number of hydrogen-bond donors (Lipinski definition) is 1. The lowest BCUT2D eigenvalue weighted by Crippen LogP contribution is -2.45. The highest BCUT2D eigenvalue weighted by Gasteiger charge is 2.21. The monoisotopic (exact) mass is 339 g/mol. The summed E-state index contributed by atoms with van der Waals surface area (Å²) in [6.07, 6.45) is 5.47. The fourth-order valence-electron chi connectivity index (χ4n) is 3.43. The molecule has 134 valence electrons. The van der Waals surface area contributed by atoms with E-state index < -0.39 is 0 Å². The number of rotatable bonds is 5. The summed E-state index contributed by atoms with van der Waals surface area (Å²) in [5, 5.41) is 7.66. The van der Waals surface area contributed by atoms with Crippen molar-refractivity contribution in [1.29, 1.82) is 0 Å². The second-order valence-electron chi connectivity index (χ2n) is 6.74. The Balaban J connectivity index is 1.56. The first kappa shape index (κ1) is 17.5. The van der Waals surface area contributed by atoms with Gasteiger partial charge in [-0.15, -0.1) is 0 Å². The minimum Gasteiger partial charge on any atom is -0.357 e. The van der Waals surface area contributed by atoms with Crippen LogP contribution in [0, 0.1) is 5.92 Å². The molecule has 1 aliphatic rings. The van der Waals surface area contributed by atoms with E-state index in [4.69, 9.17) is 4.99 Å². The number of benzene rings is 1. The summed E-state index contributed by atoms with van der Waals surface area (Å²) >= 11 is 0. The highest BCUT2D eigenvalue weighted by molar-refractivity contribution is 5.80. The van der Waals surface area contributed by atoms with Gasteiger partial charge in [-0.3, -0.25) is 4.68 Å². The molecule has 1 N–H and O–H groups in total. The maximum atomic E-state index is 4.82. The summed E-state index contributed by atoms with van der Waals surface area (Å²) in [7, 11) is 1.97. The molecule has 1 fully saturated rings. The molecule has 0 aliphatic carbocycles. The summed E-state index contributed by atoms with van der Waals surface area (Å²) < 4.78 is 1.89. The van der Waals surface area contributed by atoms with Gasteiger partial charge in [-0.2, -0.15) is 5.10 Å². The smallest absolute Gasteiger partial charge is 0.194 e. The summed E-state index contributed by atoms with van der Waals surface area (Å²) in [6.45, 7) is 5.85. The van der Waals surface area contributed by atoms with Crippen molar-refractivity contribution in [2.45, 2.75) is 32.7 Å². The number of likely N-dealkylation sites (tertiary alicyclic amines) is 1. The van der Waals surface area contributed by atoms with Gasteiger partial charge in [0.2, 0.25) is 0 Å². The molecule has 1 aromatic carbocycles. The molecule has 0 atom stereocenters. The first-order valence-electron chi connectivity index (χ1n) is 9.30. The molecule has 3 rings (SSSR count). The minimum absolute atomic E-state index is 0.669. The number of piperidine rings is 1. The molecule has 1 aromatic heterocycles. The Labute approximate surface area is 150 Å². The number of aryl methyl sites for hydroxylation is 1. The van der Waals surface area contributed by atoms with Crippen LogP contribution in [0.15, 0.2) is 47.6 Å². The van der Waals surface area contributed by atoms with Crippen molar-refractivity contribution in [3.8, 4) is 0 Å². The van der Waals surface area contributed by atoms with E-state index in [0.717, 1.165) is 37.2 Å². The van der Waals surface area contributed by atoms with Crippen molar-refractivity contribution in [2.75, 3.05) is 19.6 Å². The Hall–Kier alpha value is -2.30. The highest BCUT2D eigenvalue weighted by atomic mass is 15.3. The van der Waals surface area contributed by atoms with Gasteiger partial charge < -0.3 is 10.2 Å². The van der Waals surface area contributed by atoms with Gasteiger partial charge in [0.25, 0.3) is 0 Å². The Morgan fingerprint density at radius 1 is 1.20 bits per heavy atom. The largest absolute Gasteiger partial charge is 0.357 e.